The van der Waals surface area contributed by atoms with E-state index in [1.165, 1.54) is 13.3 Å². The molecule has 1 aliphatic heterocycles. The Morgan fingerprint density at radius 3 is 2.52 bits per heavy atom. The Bertz CT molecular complexity index is 887. The molecule has 2 bridgehead atoms. The molecule has 2 fully saturated rings. The normalized spacial score (nSPS) is 28.1. The first-order valence-electron chi connectivity index (χ1n) is 8.59. The fraction of sp³-hybridized carbons (Fsp3) is 0.350. The second-order valence-corrected chi connectivity index (χ2v) is 7.60. The van der Waals surface area contributed by atoms with Gasteiger partial charge in [0.15, 0.2) is 11.5 Å². The van der Waals surface area contributed by atoms with Crippen LogP contribution >= 0.6 is 15.9 Å². The number of rotatable bonds is 5. The highest BCUT2D eigenvalue weighted by molar-refractivity contribution is 9.10. The number of allylic oxidation sites excluding steroid dienone is 2. The van der Waals surface area contributed by atoms with Crippen molar-refractivity contribution in [2.75, 3.05) is 13.7 Å². The van der Waals surface area contributed by atoms with Crippen molar-refractivity contribution in [3.63, 3.8) is 0 Å². The summed E-state index contributed by atoms with van der Waals surface area (Å²) in [6, 6.07) is 3.42. The quantitative estimate of drug-likeness (QED) is 0.312. The number of fused-ring (bicyclic) bond motifs is 5. The van der Waals surface area contributed by atoms with Crippen LogP contribution in [0.2, 0.25) is 0 Å². The third-order valence-corrected chi connectivity index (χ3v) is 6.04. The molecule has 138 valence electrons. The van der Waals surface area contributed by atoms with Crippen LogP contribution in [0, 0.1) is 36.0 Å². The van der Waals surface area contributed by atoms with E-state index in [2.05, 4.69) is 39.1 Å². The van der Waals surface area contributed by atoms with Crippen molar-refractivity contribution in [1.82, 2.24) is 5.01 Å². The summed E-state index contributed by atoms with van der Waals surface area (Å²) in [5.41, 5.74) is 0.652. The number of benzene rings is 1. The van der Waals surface area contributed by atoms with Gasteiger partial charge < -0.3 is 9.47 Å². The summed E-state index contributed by atoms with van der Waals surface area (Å²) in [5, 5.41) is 5.20. The number of terminal acetylenes is 1. The standard InChI is InChI=1S/C20H17BrN2O4/c1-3-6-27-16-9-14(21)13(8-15(16)26-2)10-22-23-19(24)17-11-4-5-12(7-11)18(17)20(23)25/h1,4-5,8-12,17-18H,6-7H2,2H3. The topological polar surface area (TPSA) is 68.2 Å². The highest BCUT2D eigenvalue weighted by Crippen LogP contribution is 2.52. The number of carbonyl (C=O) groups excluding carboxylic acids is 2. The summed E-state index contributed by atoms with van der Waals surface area (Å²) in [5.74, 6) is 2.75. The van der Waals surface area contributed by atoms with Gasteiger partial charge in [0.2, 0.25) is 0 Å². The van der Waals surface area contributed by atoms with Crippen molar-refractivity contribution >= 4 is 34.0 Å². The van der Waals surface area contributed by atoms with Gasteiger partial charge in [0.05, 0.1) is 25.2 Å². The molecule has 0 spiro atoms. The lowest BCUT2D eigenvalue weighted by Gasteiger charge is -2.13. The Morgan fingerprint density at radius 2 is 1.93 bits per heavy atom. The number of nitrogens with zero attached hydrogens (tertiary/aromatic N) is 2. The van der Waals surface area contributed by atoms with Gasteiger partial charge in [-0.05, 0) is 46.3 Å². The summed E-state index contributed by atoms with van der Waals surface area (Å²) >= 11 is 3.44. The molecule has 27 heavy (non-hydrogen) atoms. The first-order valence-corrected chi connectivity index (χ1v) is 9.38. The average molecular weight is 429 g/mol. The van der Waals surface area contributed by atoms with Crippen molar-refractivity contribution in [1.29, 1.82) is 0 Å². The van der Waals surface area contributed by atoms with Gasteiger partial charge in [-0.1, -0.05) is 18.1 Å². The highest BCUT2D eigenvalue weighted by Gasteiger charge is 2.59. The third-order valence-electron chi connectivity index (χ3n) is 5.35. The number of hydrogen-bond donors (Lipinski definition) is 0. The Hall–Kier alpha value is -2.59. The first-order chi connectivity index (χ1) is 13.0. The molecule has 3 aliphatic rings. The van der Waals surface area contributed by atoms with Gasteiger partial charge in [-0.25, -0.2) is 0 Å². The zero-order chi connectivity index (χ0) is 19.1. The molecule has 4 atom stereocenters. The number of ether oxygens (including phenoxy) is 2. The summed E-state index contributed by atoms with van der Waals surface area (Å²) in [6.45, 7) is 0.117. The van der Waals surface area contributed by atoms with Crippen molar-refractivity contribution in [2.24, 2.45) is 28.8 Å². The number of imide groups is 1. The lowest BCUT2D eigenvalue weighted by molar-refractivity contribution is -0.140. The summed E-state index contributed by atoms with van der Waals surface area (Å²) in [4.78, 5) is 25.3. The number of amides is 2. The van der Waals surface area contributed by atoms with E-state index in [4.69, 9.17) is 15.9 Å². The molecule has 0 aromatic heterocycles. The SMILES string of the molecule is C#CCOc1cc(Br)c(C=NN2C(=O)C3C4C=CC(C4)C3C2=O)cc1OC. The Morgan fingerprint density at radius 1 is 1.26 bits per heavy atom. The van der Waals surface area contributed by atoms with Crippen molar-refractivity contribution in [3.8, 4) is 23.8 Å². The van der Waals surface area contributed by atoms with Crippen LogP contribution in [-0.2, 0) is 9.59 Å². The molecule has 1 saturated heterocycles. The molecule has 7 heteroatoms. The number of halogens is 1. The molecule has 0 radical (unpaired) electrons. The Balaban J connectivity index is 1.58. The summed E-state index contributed by atoms with van der Waals surface area (Å²) in [7, 11) is 1.52. The van der Waals surface area contributed by atoms with E-state index >= 15 is 0 Å². The number of carbonyl (C=O) groups is 2. The predicted octanol–water partition coefficient (Wildman–Crippen LogP) is 2.61. The van der Waals surface area contributed by atoms with E-state index in [1.54, 1.807) is 12.1 Å². The van der Waals surface area contributed by atoms with E-state index < -0.39 is 0 Å². The van der Waals surface area contributed by atoms with Crippen LogP contribution in [-0.4, -0.2) is 36.8 Å². The monoisotopic (exact) mass is 428 g/mol. The average Bonchev–Trinajstić information content (AvgIpc) is 3.34. The van der Waals surface area contributed by atoms with Crippen molar-refractivity contribution < 1.29 is 19.1 Å². The molecule has 1 aromatic rings. The minimum Gasteiger partial charge on any atom is -0.493 e. The second kappa shape index (κ2) is 6.86. The van der Waals surface area contributed by atoms with Gasteiger partial charge in [0.1, 0.15) is 6.61 Å². The number of hydrogen-bond acceptors (Lipinski definition) is 5. The van der Waals surface area contributed by atoms with Gasteiger partial charge in [-0.3, -0.25) is 9.59 Å². The van der Waals surface area contributed by atoms with Crippen LogP contribution in [0.5, 0.6) is 11.5 Å². The smallest absolute Gasteiger partial charge is 0.254 e. The molecule has 1 saturated carbocycles. The Labute approximate surface area is 165 Å². The van der Waals surface area contributed by atoms with E-state index in [9.17, 15) is 9.59 Å². The predicted molar refractivity (Wildman–Crippen MR) is 102 cm³/mol. The lowest BCUT2D eigenvalue weighted by Crippen LogP contribution is -2.28. The van der Waals surface area contributed by atoms with Crippen LogP contribution in [0.3, 0.4) is 0 Å². The van der Waals surface area contributed by atoms with Gasteiger partial charge in [0.25, 0.3) is 11.8 Å². The molecule has 0 N–H and O–H groups in total. The summed E-state index contributed by atoms with van der Waals surface area (Å²) in [6.07, 6.45) is 11.7. The maximum absolute atomic E-state index is 12.7. The molecular formula is C20H17BrN2O4. The molecule has 1 aromatic carbocycles. The van der Waals surface area contributed by atoms with Crippen molar-refractivity contribution in [2.45, 2.75) is 6.42 Å². The van der Waals surface area contributed by atoms with Crippen molar-refractivity contribution in [3.05, 3.63) is 34.3 Å². The zero-order valence-corrected chi connectivity index (χ0v) is 16.2. The fourth-order valence-corrected chi connectivity index (χ4v) is 4.59. The van der Waals surface area contributed by atoms with E-state index in [0.29, 0.717) is 21.5 Å². The fourth-order valence-electron chi connectivity index (χ4n) is 4.16. The molecule has 2 amide bonds. The van der Waals surface area contributed by atoms with Gasteiger partial charge in [-0.2, -0.15) is 10.1 Å². The van der Waals surface area contributed by atoms with E-state index in [-0.39, 0.29) is 42.1 Å². The van der Waals surface area contributed by atoms with Crippen LogP contribution < -0.4 is 9.47 Å². The van der Waals surface area contributed by atoms with Crippen LogP contribution in [0.15, 0.2) is 33.9 Å². The van der Waals surface area contributed by atoms with E-state index in [0.717, 1.165) is 11.4 Å². The number of methoxy groups -OCH3 is 1. The second-order valence-electron chi connectivity index (χ2n) is 6.75. The highest BCUT2D eigenvalue weighted by atomic mass is 79.9. The van der Waals surface area contributed by atoms with Gasteiger partial charge in [-0.15, -0.1) is 6.42 Å². The maximum Gasteiger partial charge on any atom is 0.254 e. The molecule has 2 aliphatic carbocycles. The summed E-state index contributed by atoms with van der Waals surface area (Å²) < 4.78 is 11.4. The lowest BCUT2D eigenvalue weighted by atomic mass is 9.85. The van der Waals surface area contributed by atoms with Crippen LogP contribution in [0.4, 0.5) is 0 Å². The van der Waals surface area contributed by atoms with Gasteiger partial charge >= 0.3 is 0 Å². The minimum atomic E-state index is -0.262. The zero-order valence-electron chi connectivity index (χ0n) is 14.6. The largest absolute Gasteiger partial charge is 0.493 e. The van der Waals surface area contributed by atoms with Gasteiger partial charge in [0, 0.05) is 10.0 Å². The molecular weight excluding hydrogens is 412 g/mol. The van der Waals surface area contributed by atoms with Crippen LogP contribution in [0.25, 0.3) is 0 Å². The number of hydrazone groups is 1. The minimum absolute atomic E-state index is 0.117. The molecule has 6 nitrogen and oxygen atoms in total. The van der Waals surface area contributed by atoms with E-state index in [1.807, 2.05) is 0 Å². The third kappa shape index (κ3) is 2.85. The maximum atomic E-state index is 12.7. The molecule has 4 unspecified atom stereocenters. The first kappa shape index (κ1) is 17.8. The molecule has 4 rings (SSSR count). The molecule has 1 heterocycles. The Kier molecular flexibility index (Phi) is 4.52. The van der Waals surface area contributed by atoms with Crippen LogP contribution in [0.1, 0.15) is 12.0 Å².